The molecule has 134 valence electrons. The molecule has 1 aliphatic carbocycles. The number of sulfonamides is 1. The van der Waals surface area contributed by atoms with Gasteiger partial charge in [-0.2, -0.15) is 4.31 Å². The summed E-state index contributed by atoms with van der Waals surface area (Å²) >= 11 is 0. The van der Waals surface area contributed by atoms with Gasteiger partial charge in [-0.3, -0.25) is 4.79 Å². The summed E-state index contributed by atoms with van der Waals surface area (Å²) in [5.74, 6) is 1.17. The third kappa shape index (κ3) is 5.75. The van der Waals surface area contributed by atoms with Gasteiger partial charge in [-0.1, -0.05) is 45.4 Å². The van der Waals surface area contributed by atoms with Crippen LogP contribution in [0.25, 0.3) is 0 Å². The number of hydrogen-bond donors (Lipinski definition) is 0. The van der Waals surface area contributed by atoms with Crippen molar-refractivity contribution in [1.29, 1.82) is 0 Å². The van der Waals surface area contributed by atoms with Gasteiger partial charge >= 0.3 is 0 Å². The molecule has 23 heavy (non-hydrogen) atoms. The maximum atomic E-state index is 12.3. The molecule has 2 fully saturated rings. The smallest absolute Gasteiger partial charge is 0.222 e. The van der Waals surface area contributed by atoms with E-state index in [2.05, 4.69) is 0 Å². The summed E-state index contributed by atoms with van der Waals surface area (Å²) in [6.07, 6.45) is 9.76. The third-order valence-corrected chi connectivity index (χ3v) is 7.19. The van der Waals surface area contributed by atoms with E-state index in [0.29, 0.717) is 39.0 Å². The minimum atomic E-state index is -3.13. The molecule has 0 bridgehead atoms. The van der Waals surface area contributed by atoms with Crippen LogP contribution in [-0.2, 0) is 14.8 Å². The minimum Gasteiger partial charge on any atom is -0.340 e. The molecule has 0 unspecified atom stereocenters. The number of carbonyl (C=O) groups is 1. The van der Waals surface area contributed by atoms with Gasteiger partial charge in [0.1, 0.15) is 0 Å². The summed E-state index contributed by atoms with van der Waals surface area (Å²) in [6, 6.07) is 0. The first kappa shape index (κ1) is 18.7. The van der Waals surface area contributed by atoms with Crippen molar-refractivity contribution in [2.45, 2.75) is 64.7 Å². The molecule has 1 saturated heterocycles. The summed E-state index contributed by atoms with van der Waals surface area (Å²) in [4.78, 5) is 14.2. The van der Waals surface area contributed by atoms with Crippen molar-refractivity contribution in [3.63, 3.8) is 0 Å². The van der Waals surface area contributed by atoms with Gasteiger partial charge in [0, 0.05) is 32.6 Å². The second kappa shape index (κ2) is 9.02. The fourth-order valence-corrected chi connectivity index (χ4v) is 5.26. The van der Waals surface area contributed by atoms with Crippen LogP contribution in [0, 0.1) is 5.92 Å². The number of amides is 1. The molecular formula is C17H32N2O3S. The van der Waals surface area contributed by atoms with E-state index in [4.69, 9.17) is 0 Å². The summed E-state index contributed by atoms with van der Waals surface area (Å²) in [5, 5.41) is 0. The molecule has 5 nitrogen and oxygen atoms in total. The van der Waals surface area contributed by atoms with E-state index in [1.54, 1.807) is 4.31 Å². The fourth-order valence-electron chi connectivity index (χ4n) is 3.63. The van der Waals surface area contributed by atoms with E-state index in [-0.39, 0.29) is 11.7 Å². The van der Waals surface area contributed by atoms with Crippen molar-refractivity contribution in [1.82, 2.24) is 9.21 Å². The third-order valence-electron chi connectivity index (χ3n) is 5.23. The maximum absolute atomic E-state index is 12.3. The monoisotopic (exact) mass is 344 g/mol. The number of piperazine rings is 1. The maximum Gasteiger partial charge on any atom is 0.222 e. The molecule has 0 N–H and O–H groups in total. The van der Waals surface area contributed by atoms with E-state index in [1.807, 2.05) is 11.8 Å². The second-order valence-corrected chi connectivity index (χ2v) is 9.08. The number of carbonyl (C=O) groups excluding carboxylic acids is 1. The van der Waals surface area contributed by atoms with Gasteiger partial charge < -0.3 is 4.90 Å². The molecule has 0 spiro atoms. The molecular weight excluding hydrogens is 312 g/mol. The lowest BCUT2D eigenvalue weighted by Crippen LogP contribution is -2.51. The van der Waals surface area contributed by atoms with E-state index < -0.39 is 10.0 Å². The standard InChI is InChI=1S/C17H32N2O3S/c1-2-3-15-23(21,22)19-13-11-18(12-14-19)17(20)10-9-16-7-5-4-6-8-16/h16H,2-15H2,1H3. The summed E-state index contributed by atoms with van der Waals surface area (Å²) in [7, 11) is -3.13. The number of rotatable bonds is 7. The van der Waals surface area contributed by atoms with Crippen LogP contribution in [0.4, 0.5) is 0 Å². The second-order valence-electron chi connectivity index (χ2n) is 6.99. The summed E-state index contributed by atoms with van der Waals surface area (Å²) in [6.45, 7) is 4.02. The minimum absolute atomic E-state index is 0.209. The molecule has 1 saturated carbocycles. The van der Waals surface area contributed by atoms with Crippen LogP contribution in [-0.4, -0.2) is 55.5 Å². The molecule has 0 aromatic rings. The Hall–Kier alpha value is -0.620. The van der Waals surface area contributed by atoms with Gasteiger partial charge in [0.25, 0.3) is 0 Å². The first-order valence-electron chi connectivity index (χ1n) is 9.28. The molecule has 0 aromatic heterocycles. The van der Waals surface area contributed by atoms with Gasteiger partial charge in [0.15, 0.2) is 0 Å². The van der Waals surface area contributed by atoms with Crippen LogP contribution in [0.3, 0.4) is 0 Å². The molecule has 0 radical (unpaired) electrons. The van der Waals surface area contributed by atoms with Gasteiger partial charge in [-0.05, 0) is 18.8 Å². The van der Waals surface area contributed by atoms with Crippen molar-refractivity contribution in [3.8, 4) is 0 Å². The topological polar surface area (TPSA) is 57.7 Å². The highest BCUT2D eigenvalue weighted by atomic mass is 32.2. The quantitative estimate of drug-likeness (QED) is 0.713. The first-order chi connectivity index (χ1) is 11.0. The van der Waals surface area contributed by atoms with Crippen LogP contribution < -0.4 is 0 Å². The van der Waals surface area contributed by atoms with Gasteiger partial charge in [-0.25, -0.2) is 8.42 Å². The number of hydrogen-bond acceptors (Lipinski definition) is 3. The summed E-state index contributed by atoms with van der Waals surface area (Å²) < 4.78 is 25.9. The average Bonchev–Trinajstić information content (AvgIpc) is 2.59. The Morgan fingerprint density at radius 3 is 2.30 bits per heavy atom. The zero-order chi connectivity index (χ0) is 16.7. The highest BCUT2D eigenvalue weighted by Gasteiger charge is 2.28. The number of nitrogens with zero attached hydrogens (tertiary/aromatic N) is 2. The van der Waals surface area contributed by atoms with Crippen molar-refractivity contribution >= 4 is 15.9 Å². The van der Waals surface area contributed by atoms with Crippen LogP contribution >= 0.6 is 0 Å². The molecule has 6 heteroatoms. The highest BCUT2D eigenvalue weighted by Crippen LogP contribution is 2.27. The van der Waals surface area contributed by atoms with E-state index >= 15 is 0 Å². The molecule has 1 amide bonds. The average molecular weight is 345 g/mol. The first-order valence-corrected chi connectivity index (χ1v) is 10.9. The molecule has 1 heterocycles. The zero-order valence-corrected chi connectivity index (χ0v) is 15.3. The van der Waals surface area contributed by atoms with Crippen molar-refractivity contribution in [3.05, 3.63) is 0 Å². The zero-order valence-electron chi connectivity index (χ0n) is 14.5. The lowest BCUT2D eigenvalue weighted by molar-refractivity contribution is -0.132. The Kier molecular flexibility index (Phi) is 7.34. The van der Waals surface area contributed by atoms with Crippen LogP contribution in [0.15, 0.2) is 0 Å². The van der Waals surface area contributed by atoms with Gasteiger partial charge in [-0.15, -0.1) is 0 Å². The Balaban J connectivity index is 1.71. The Morgan fingerprint density at radius 2 is 1.70 bits per heavy atom. The largest absolute Gasteiger partial charge is 0.340 e. The normalized spacial score (nSPS) is 21.5. The van der Waals surface area contributed by atoms with Crippen molar-refractivity contribution < 1.29 is 13.2 Å². The number of unbranched alkanes of at least 4 members (excludes halogenated alkanes) is 1. The predicted octanol–water partition coefficient (Wildman–Crippen LogP) is 2.62. The Labute approximate surface area is 141 Å². The Bertz CT molecular complexity index is 464. The molecule has 0 aromatic carbocycles. The summed E-state index contributed by atoms with van der Waals surface area (Å²) in [5.41, 5.74) is 0. The van der Waals surface area contributed by atoms with Gasteiger partial charge in [0.05, 0.1) is 5.75 Å². The van der Waals surface area contributed by atoms with Gasteiger partial charge in [0.2, 0.25) is 15.9 Å². The van der Waals surface area contributed by atoms with Crippen LogP contribution in [0.1, 0.15) is 64.7 Å². The molecule has 0 atom stereocenters. The SMILES string of the molecule is CCCCS(=O)(=O)N1CCN(C(=O)CCC2CCCCC2)CC1. The highest BCUT2D eigenvalue weighted by molar-refractivity contribution is 7.89. The fraction of sp³-hybridized carbons (Fsp3) is 0.941. The van der Waals surface area contributed by atoms with E-state index in [9.17, 15) is 13.2 Å². The van der Waals surface area contributed by atoms with Crippen LogP contribution in [0.2, 0.25) is 0 Å². The predicted molar refractivity (Wildman–Crippen MR) is 92.7 cm³/mol. The van der Waals surface area contributed by atoms with E-state index in [0.717, 1.165) is 18.8 Å². The lowest BCUT2D eigenvalue weighted by Gasteiger charge is -2.34. The lowest BCUT2D eigenvalue weighted by atomic mass is 9.86. The molecule has 2 rings (SSSR count). The Morgan fingerprint density at radius 1 is 1.04 bits per heavy atom. The molecule has 1 aliphatic heterocycles. The van der Waals surface area contributed by atoms with Crippen LogP contribution in [0.5, 0.6) is 0 Å². The van der Waals surface area contributed by atoms with E-state index in [1.165, 1.54) is 32.1 Å². The van der Waals surface area contributed by atoms with Crippen molar-refractivity contribution in [2.75, 3.05) is 31.9 Å². The van der Waals surface area contributed by atoms with Crippen molar-refractivity contribution in [2.24, 2.45) is 5.92 Å². The molecule has 2 aliphatic rings.